The monoisotopic (exact) mass is 547 g/mol. The third-order valence-electron chi connectivity index (χ3n) is 7.20. The summed E-state index contributed by atoms with van der Waals surface area (Å²) >= 11 is 0. The predicted octanol–water partition coefficient (Wildman–Crippen LogP) is 4.82. The van der Waals surface area contributed by atoms with Gasteiger partial charge in [-0.15, -0.1) is 6.42 Å². The number of benzene rings is 3. The standard InChI is InChI=1S/C32H29N5O4/c1-3-17-40-30-20-27-25(19-29(30)39-2)32(35-21-34-27)37-15-13-36(14-16-37)31(38)18-22-7-9-23(10-8-22)41-28-6-4-5-26-24(28)11-12-33-26/h1,4-12,19-21,33H,13-18H2,2H3. The van der Waals surface area contributed by atoms with Crippen LogP contribution in [0.3, 0.4) is 0 Å². The second-order valence-corrected chi connectivity index (χ2v) is 9.70. The van der Waals surface area contributed by atoms with Gasteiger partial charge < -0.3 is 29.0 Å². The summed E-state index contributed by atoms with van der Waals surface area (Å²) in [6.45, 7) is 2.66. The molecule has 41 heavy (non-hydrogen) atoms. The Labute approximate surface area is 237 Å². The van der Waals surface area contributed by atoms with Crippen LogP contribution in [0.1, 0.15) is 5.56 Å². The average molecular weight is 548 g/mol. The molecule has 0 atom stereocenters. The number of hydrogen-bond acceptors (Lipinski definition) is 7. The molecule has 0 saturated carbocycles. The number of aromatic amines is 1. The van der Waals surface area contributed by atoms with Crippen LogP contribution in [0.25, 0.3) is 21.8 Å². The van der Waals surface area contributed by atoms with Gasteiger partial charge in [0.15, 0.2) is 11.5 Å². The number of nitrogens with zero attached hydrogens (tertiary/aromatic N) is 4. The predicted molar refractivity (Wildman–Crippen MR) is 158 cm³/mol. The molecule has 6 rings (SSSR count). The molecular weight excluding hydrogens is 518 g/mol. The van der Waals surface area contributed by atoms with Gasteiger partial charge in [-0.05, 0) is 42.0 Å². The summed E-state index contributed by atoms with van der Waals surface area (Å²) < 4.78 is 17.2. The first kappa shape index (κ1) is 26.0. The highest BCUT2D eigenvalue weighted by atomic mass is 16.5. The zero-order valence-corrected chi connectivity index (χ0v) is 22.7. The number of piperazine rings is 1. The quantitative estimate of drug-likeness (QED) is 0.279. The second-order valence-electron chi connectivity index (χ2n) is 9.70. The van der Waals surface area contributed by atoms with Crippen molar-refractivity contribution in [2.45, 2.75) is 6.42 Å². The van der Waals surface area contributed by atoms with Crippen LogP contribution in [-0.2, 0) is 11.2 Å². The number of carbonyl (C=O) groups excluding carboxylic acids is 1. The van der Waals surface area contributed by atoms with Crippen LogP contribution in [0.5, 0.6) is 23.0 Å². The maximum atomic E-state index is 13.1. The van der Waals surface area contributed by atoms with Crippen LogP contribution in [0, 0.1) is 12.3 Å². The molecule has 9 heteroatoms. The number of fused-ring (bicyclic) bond motifs is 2. The highest BCUT2D eigenvalue weighted by Gasteiger charge is 2.24. The van der Waals surface area contributed by atoms with E-state index in [1.807, 2.05) is 71.8 Å². The van der Waals surface area contributed by atoms with Crippen LogP contribution < -0.4 is 19.1 Å². The van der Waals surface area contributed by atoms with Gasteiger partial charge in [0.05, 0.1) is 19.0 Å². The summed E-state index contributed by atoms with van der Waals surface area (Å²) in [5.41, 5.74) is 2.71. The maximum Gasteiger partial charge on any atom is 0.227 e. The van der Waals surface area contributed by atoms with E-state index in [1.54, 1.807) is 13.4 Å². The number of ether oxygens (including phenoxy) is 3. The van der Waals surface area contributed by atoms with Crippen LogP contribution >= 0.6 is 0 Å². The molecule has 206 valence electrons. The van der Waals surface area contributed by atoms with E-state index in [1.165, 1.54) is 0 Å². The van der Waals surface area contributed by atoms with Gasteiger partial charge in [-0.2, -0.15) is 0 Å². The van der Waals surface area contributed by atoms with E-state index < -0.39 is 0 Å². The summed E-state index contributed by atoms with van der Waals surface area (Å²) in [5, 5.41) is 1.88. The molecule has 1 N–H and O–H groups in total. The van der Waals surface area contributed by atoms with Crippen molar-refractivity contribution >= 4 is 33.5 Å². The number of carbonyl (C=O) groups is 1. The Morgan fingerprint density at radius 1 is 0.976 bits per heavy atom. The number of amides is 1. The molecule has 1 aliphatic heterocycles. The minimum atomic E-state index is 0.0972. The summed E-state index contributed by atoms with van der Waals surface area (Å²) in [5.74, 6) is 5.98. The Morgan fingerprint density at radius 3 is 2.59 bits per heavy atom. The van der Waals surface area contributed by atoms with Crippen LogP contribution in [0.15, 0.2) is 73.2 Å². The molecule has 5 aromatic rings. The van der Waals surface area contributed by atoms with Crippen molar-refractivity contribution in [3.05, 3.63) is 78.8 Å². The van der Waals surface area contributed by atoms with Gasteiger partial charge in [0.1, 0.15) is 30.3 Å². The number of anilines is 1. The lowest BCUT2D eigenvalue weighted by molar-refractivity contribution is -0.130. The minimum Gasteiger partial charge on any atom is -0.493 e. The molecule has 0 aliphatic carbocycles. The van der Waals surface area contributed by atoms with Gasteiger partial charge in [0, 0.05) is 54.7 Å². The summed E-state index contributed by atoms with van der Waals surface area (Å²) in [6.07, 6.45) is 9.11. The third-order valence-corrected chi connectivity index (χ3v) is 7.20. The average Bonchev–Trinajstić information content (AvgIpc) is 3.50. The van der Waals surface area contributed by atoms with Crippen molar-refractivity contribution in [3.63, 3.8) is 0 Å². The number of terminal acetylenes is 1. The first-order chi connectivity index (χ1) is 20.1. The molecule has 9 nitrogen and oxygen atoms in total. The third kappa shape index (κ3) is 5.45. The Hall–Kier alpha value is -5.23. The van der Waals surface area contributed by atoms with Gasteiger partial charge in [-0.3, -0.25) is 4.79 Å². The van der Waals surface area contributed by atoms with E-state index in [4.69, 9.17) is 20.6 Å². The highest BCUT2D eigenvalue weighted by molar-refractivity contribution is 5.92. The molecule has 1 saturated heterocycles. The summed E-state index contributed by atoms with van der Waals surface area (Å²) in [7, 11) is 1.59. The van der Waals surface area contributed by atoms with Crippen molar-refractivity contribution in [2.75, 3.05) is 44.8 Å². The van der Waals surface area contributed by atoms with Crippen molar-refractivity contribution in [1.82, 2.24) is 19.9 Å². The second kappa shape index (κ2) is 11.5. The van der Waals surface area contributed by atoms with Gasteiger partial charge in [0.25, 0.3) is 0 Å². The van der Waals surface area contributed by atoms with E-state index in [0.717, 1.165) is 44.7 Å². The molecule has 2 aromatic heterocycles. The maximum absolute atomic E-state index is 13.1. The normalized spacial score (nSPS) is 13.3. The Balaban J connectivity index is 1.08. The zero-order valence-electron chi connectivity index (χ0n) is 22.7. The smallest absolute Gasteiger partial charge is 0.227 e. The molecule has 0 bridgehead atoms. The summed E-state index contributed by atoms with van der Waals surface area (Å²) in [4.78, 5) is 29.4. The van der Waals surface area contributed by atoms with Gasteiger partial charge >= 0.3 is 0 Å². The topological polar surface area (TPSA) is 92.8 Å². The van der Waals surface area contributed by atoms with Gasteiger partial charge in [-0.1, -0.05) is 24.1 Å². The first-order valence-electron chi connectivity index (χ1n) is 13.4. The Morgan fingerprint density at radius 2 is 1.80 bits per heavy atom. The fourth-order valence-electron chi connectivity index (χ4n) is 5.10. The summed E-state index contributed by atoms with van der Waals surface area (Å²) in [6, 6.07) is 19.3. The molecule has 0 unspecified atom stereocenters. The molecule has 0 spiro atoms. The molecule has 1 fully saturated rings. The molecule has 1 amide bonds. The number of rotatable bonds is 8. The lowest BCUT2D eigenvalue weighted by Gasteiger charge is -2.36. The molecule has 3 aromatic carbocycles. The first-order valence-corrected chi connectivity index (χ1v) is 13.4. The molecule has 1 aliphatic rings. The van der Waals surface area contributed by atoms with Crippen molar-refractivity contribution in [1.29, 1.82) is 0 Å². The number of H-pyrrole nitrogens is 1. The molecule has 3 heterocycles. The van der Waals surface area contributed by atoms with E-state index in [9.17, 15) is 4.79 Å². The number of aromatic nitrogens is 3. The number of methoxy groups -OCH3 is 1. The Bertz CT molecular complexity index is 1730. The van der Waals surface area contributed by atoms with Crippen LogP contribution in [0.2, 0.25) is 0 Å². The number of nitrogens with one attached hydrogen (secondary N) is 1. The number of hydrogen-bond donors (Lipinski definition) is 1. The zero-order chi connectivity index (χ0) is 28.2. The van der Waals surface area contributed by atoms with E-state index in [2.05, 4.69) is 25.8 Å². The fourth-order valence-corrected chi connectivity index (χ4v) is 5.10. The fraction of sp³-hybridized carbons (Fsp3) is 0.219. The molecular formula is C32H29N5O4. The van der Waals surface area contributed by atoms with Crippen LogP contribution in [-0.4, -0.2) is 65.7 Å². The SMILES string of the molecule is C#CCOc1cc2ncnc(N3CCN(C(=O)Cc4ccc(Oc5cccc6[nH]ccc56)cc4)CC3)c2cc1OC. The van der Waals surface area contributed by atoms with Crippen molar-refractivity contribution in [2.24, 2.45) is 0 Å². The van der Waals surface area contributed by atoms with Crippen molar-refractivity contribution < 1.29 is 19.0 Å². The minimum absolute atomic E-state index is 0.0972. The largest absolute Gasteiger partial charge is 0.493 e. The lowest BCUT2D eigenvalue weighted by atomic mass is 10.1. The van der Waals surface area contributed by atoms with Crippen molar-refractivity contribution in [3.8, 4) is 35.3 Å². The van der Waals surface area contributed by atoms with Crippen LogP contribution in [0.4, 0.5) is 5.82 Å². The highest BCUT2D eigenvalue weighted by Crippen LogP contribution is 2.35. The molecule has 0 radical (unpaired) electrons. The Kier molecular flexibility index (Phi) is 7.28. The van der Waals surface area contributed by atoms with E-state index in [-0.39, 0.29) is 12.5 Å². The van der Waals surface area contributed by atoms with Gasteiger partial charge in [-0.25, -0.2) is 9.97 Å². The van der Waals surface area contributed by atoms with Gasteiger partial charge in [0.2, 0.25) is 5.91 Å². The lowest BCUT2D eigenvalue weighted by Crippen LogP contribution is -2.49. The van der Waals surface area contributed by atoms with E-state index in [0.29, 0.717) is 44.1 Å². The van der Waals surface area contributed by atoms with E-state index >= 15 is 0 Å².